The summed E-state index contributed by atoms with van der Waals surface area (Å²) in [4.78, 5) is 0. The third-order valence-corrected chi connectivity index (χ3v) is 14.4. The van der Waals surface area contributed by atoms with Crippen molar-refractivity contribution in [2.24, 2.45) is 0 Å². The van der Waals surface area contributed by atoms with E-state index in [0.29, 0.717) is 0 Å². The molecule has 2 aromatic heterocycles. The topological polar surface area (TPSA) is 51.6 Å². The monoisotopic (exact) mass is 410 g/mol. The second-order valence-electron chi connectivity index (χ2n) is 1.64. The van der Waals surface area contributed by atoms with Crippen LogP contribution in [0.25, 0.3) is 0 Å². The van der Waals surface area contributed by atoms with Gasteiger partial charge in [-0.15, -0.1) is 0 Å². The van der Waals surface area contributed by atoms with Crippen LogP contribution in [-0.4, -0.2) is 16.3 Å². The van der Waals surface area contributed by atoms with E-state index in [9.17, 15) is 0 Å². The maximum absolute atomic E-state index is 4.18. The zero-order chi connectivity index (χ0) is 7.52. The molecule has 0 aliphatic rings. The summed E-state index contributed by atoms with van der Waals surface area (Å²) in [5, 5.41) is 0. The molecule has 0 spiro atoms. The summed E-state index contributed by atoms with van der Waals surface area (Å²) in [6, 6.07) is 0. The number of rotatable bonds is 2. The van der Waals surface area contributed by atoms with E-state index in [4.69, 9.17) is 0 Å². The van der Waals surface area contributed by atoms with E-state index in [1.54, 1.807) is 0 Å². The van der Waals surface area contributed by atoms with Crippen molar-refractivity contribution in [2.45, 2.75) is 0 Å². The molecule has 0 saturated carbocycles. The molecule has 0 aromatic carbocycles. The quantitative estimate of drug-likeness (QED) is 0.523. The molecule has 0 radical (unpaired) electrons. The van der Waals surface area contributed by atoms with Crippen LogP contribution in [-0.2, 0) is 24.6 Å². The van der Waals surface area contributed by atoms with Gasteiger partial charge in [-0.05, 0) is 0 Å². The van der Waals surface area contributed by atoms with Gasteiger partial charge in [-0.2, -0.15) is 0 Å². The SMILES string of the molecule is n1sn[c]([Hg][c]2nsn[s+]2)[s+]1. The van der Waals surface area contributed by atoms with Crippen LogP contribution in [0.3, 0.4) is 0 Å². The molecule has 0 amide bonds. The zero-order valence-electron chi connectivity index (χ0n) is 5.13. The normalized spacial score (nSPS) is 9.45. The summed E-state index contributed by atoms with van der Waals surface area (Å²) in [7, 11) is 0. The first-order chi connectivity index (χ1) is 5.45. The Morgan fingerprint density at radius 2 is 1.55 bits per heavy atom. The van der Waals surface area contributed by atoms with Crippen LogP contribution in [0.5, 0.6) is 0 Å². The van der Waals surface area contributed by atoms with E-state index >= 15 is 0 Å². The molecule has 2 rings (SSSR count). The van der Waals surface area contributed by atoms with Gasteiger partial charge in [0.25, 0.3) is 0 Å². The molecule has 0 unspecified atom stereocenters. The molecule has 0 atom stereocenters. The number of hydrogen-bond donors (Lipinski definition) is 0. The summed E-state index contributed by atoms with van der Waals surface area (Å²) in [6.07, 6.45) is 0. The predicted octanol–water partition coefficient (Wildman–Crippen LogP) is 0.108. The van der Waals surface area contributed by atoms with Crippen molar-refractivity contribution in [3.05, 3.63) is 0 Å². The summed E-state index contributed by atoms with van der Waals surface area (Å²) in [5.74, 6) is 0. The molecule has 0 saturated heterocycles. The van der Waals surface area contributed by atoms with Gasteiger partial charge < -0.3 is 0 Å². The van der Waals surface area contributed by atoms with Crippen LogP contribution in [0.15, 0.2) is 0 Å². The Hall–Kier alpha value is 0.755. The average molecular weight is 409 g/mol. The first-order valence-electron chi connectivity index (χ1n) is 2.66. The van der Waals surface area contributed by atoms with Gasteiger partial charge in [0.15, 0.2) is 0 Å². The third-order valence-electron chi connectivity index (χ3n) is 0.940. The molecular weight excluding hydrogens is 409 g/mol. The van der Waals surface area contributed by atoms with E-state index in [1.165, 1.54) is 51.6 Å². The van der Waals surface area contributed by atoms with Crippen LogP contribution in [0.1, 0.15) is 0 Å². The van der Waals surface area contributed by atoms with E-state index in [1.807, 2.05) is 0 Å². The number of nitrogens with zero attached hydrogens (tertiary/aromatic N) is 4. The zero-order valence-corrected chi connectivity index (χ0v) is 13.9. The van der Waals surface area contributed by atoms with E-state index in [0.717, 1.165) is 0 Å². The summed E-state index contributed by atoms with van der Waals surface area (Å²) in [6.45, 7) is 0. The first kappa shape index (κ1) is 8.36. The molecule has 0 N–H and O–H groups in total. The van der Waals surface area contributed by atoms with E-state index in [-0.39, 0.29) is 0 Å². The van der Waals surface area contributed by atoms with Crippen molar-refractivity contribution in [1.29, 1.82) is 0 Å². The second kappa shape index (κ2) is 4.12. The summed E-state index contributed by atoms with van der Waals surface area (Å²) >= 11 is 4.46. The molecule has 2 heterocycles. The molecule has 4 nitrogen and oxygen atoms in total. The molecule has 0 aliphatic carbocycles. The van der Waals surface area contributed by atoms with Gasteiger partial charge in [0.1, 0.15) is 0 Å². The maximum atomic E-state index is 4.18. The molecule has 0 aliphatic heterocycles. The van der Waals surface area contributed by atoms with Crippen molar-refractivity contribution in [1.82, 2.24) is 16.3 Å². The van der Waals surface area contributed by atoms with Gasteiger partial charge in [0.2, 0.25) is 0 Å². The van der Waals surface area contributed by atoms with Gasteiger partial charge in [-0.25, -0.2) is 0 Å². The van der Waals surface area contributed by atoms with Crippen LogP contribution in [0.2, 0.25) is 0 Å². The van der Waals surface area contributed by atoms with Gasteiger partial charge >= 0.3 is 92.4 Å². The Balaban J connectivity index is 2.14. The number of aromatic nitrogens is 4. The minimum absolute atomic E-state index is 1.17. The molecule has 2 aromatic rings. The minimum atomic E-state index is -1.17. The Bertz CT molecular complexity index is 272. The van der Waals surface area contributed by atoms with Gasteiger partial charge in [-0.1, -0.05) is 0 Å². The van der Waals surface area contributed by atoms with Crippen molar-refractivity contribution in [3.63, 3.8) is 0 Å². The Kier molecular flexibility index (Phi) is 3.13. The Morgan fingerprint density at radius 3 is 1.91 bits per heavy atom. The fourth-order valence-electron chi connectivity index (χ4n) is 0.536. The molecular formula is C2HgN4S4+2. The third kappa shape index (κ3) is 2.34. The Labute approximate surface area is 91.4 Å². The van der Waals surface area contributed by atoms with Gasteiger partial charge in [-0.3, -0.25) is 0 Å². The van der Waals surface area contributed by atoms with Crippen molar-refractivity contribution in [3.8, 4) is 0 Å². The Morgan fingerprint density at radius 1 is 1.00 bits per heavy atom. The van der Waals surface area contributed by atoms with Crippen molar-refractivity contribution >= 4 is 51.6 Å². The summed E-state index contributed by atoms with van der Waals surface area (Å²) in [5.41, 5.74) is 0. The van der Waals surface area contributed by atoms with Crippen LogP contribution >= 0.6 is 46.5 Å². The van der Waals surface area contributed by atoms with Crippen LogP contribution < -0.4 is 5.03 Å². The molecule has 52 valence electrons. The second-order valence-corrected chi connectivity index (χ2v) is 15.4. The fraction of sp³-hybridized carbons (Fsp3) is 0. The van der Waals surface area contributed by atoms with Crippen molar-refractivity contribution in [2.75, 3.05) is 0 Å². The van der Waals surface area contributed by atoms with E-state index in [2.05, 4.69) is 16.3 Å². The molecule has 11 heavy (non-hydrogen) atoms. The number of hydrogen-bond acceptors (Lipinski definition) is 6. The van der Waals surface area contributed by atoms with Crippen LogP contribution in [0.4, 0.5) is 0 Å². The average Bonchev–Trinajstić information content (AvgIpc) is 2.60. The standard InChI is InChI=1S/2CN2S2.Hg/c2*1-2-5-3-4-1;/q2*+1;. The van der Waals surface area contributed by atoms with Crippen molar-refractivity contribution < 1.29 is 24.6 Å². The molecule has 0 bridgehead atoms. The van der Waals surface area contributed by atoms with Crippen LogP contribution in [0, 0.1) is 0 Å². The predicted molar refractivity (Wildman–Crippen MR) is 43.7 cm³/mol. The molecule has 9 heteroatoms. The fourth-order valence-corrected chi connectivity index (χ4v) is 14.9. The van der Waals surface area contributed by atoms with Gasteiger partial charge in [0, 0.05) is 0 Å². The van der Waals surface area contributed by atoms with Gasteiger partial charge in [0.05, 0.1) is 0 Å². The molecule has 0 fully saturated rings. The van der Waals surface area contributed by atoms with E-state index < -0.39 is 24.6 Å². The summed E-state index contributed by atoms with van der Waals surface area (Å²) < 4.78 is 18.8. The first-order valence-corrected chi connectivity index (χ1v) is 11.2.